The lowest BCUT2D eigenvalue weighted by Gasteiger charge is -2.30. The second kappa shape index (κ2) is 8.76. The van der Waals surface area contributed by atoms with Gasteiger partial charge < -0.3 is 15.4 Å². The lowest BCUT2D eigenvalue weighted by atomic mass is 9.84. The third-order valence-corrected chi connectivity index (χ3v) is 5.85. The standard InChI is InChI=1S/C20H27ClN2O3/c21-16-6-7-18(17(12-16)14-4-2-1-3-5-14)26-13-19(24)23-10-8-15(9-11-23)20(22)25/h6-7,12,14-15H,1-5,8-11,13H2,(H2,22,25). The number of primary amides is 1. The van der Waals surface area contributed by atoms with Crippen molar-refractivity contribution < 1.29 is 14.3 Å². The number of hydrogen-bond donors (Lipinski definition) is 1. The fourth-order valence-corrected chi connectivity index (χ4v) is 4.21. The van der Waals surface area contributed by atoms with Crippen LogP contribution in [-0.4, -0.2) is 36.4 Å². The maximum absolute atomic E-state index is 12.5. The molecule has 1 heterocycles. The Bertz CT molecular complexity index is 650. The molecule has 1 aliphatic carbocycles. The summed E-state index contributed by atoms with van der Waals surface area (Å²) in [6, 6.07) is 5.67. The average molecular weight is 379 g/mol. The van der Waals surface area contributed by atoms with Crippen molar-refractivity contribution in [3.05, 3.63) is 28.8 Å². The lowest BCUT2D eigenvalue weighted by Crippen LogP contribution is -2.43. The third-order valence-electron chi connectivity index (χ3n) is 5.62. The Kier molecular flexibility index (Phi) is 6.41. The van der Waals surface area contributed by atoms with Crippen LogP contribution in [0.5, 0.6) is 5.75 Å². The van der Waals surface area contributed by atoms with Gasteiger partial charge in [0.15, 0.2) is 6.61 Å². The molecule has 2 N–H and O–H groups in total. The van der Waals surface area contributed by atoms with Crippen molar-refractivity contribution in [2.24, 2.45) is 11.7 Å². The van der Waals surface area contributed by atoms with Crippen LogP contribution in [0.25, 0.3) is 0 Å². The van der Waals surface area contributed by atoms with Gasteiger partial charge in [-0.15, -0.1) is 0 Å². The average Bonchev–Trinajstić information content (AvgIpc) is 2.67. The molecule has 6 heteroatoms. The van der Waals surface area contributed by atoms with Gasteiger partial charge in [-0.2, -0.15) is 0 Å². The first-order chi connectivity index (χ1) is 12.5. The van der Waals surface area contributed by atoms with Crippen LogP contribution in [0.2, 0.25) is 5.02 Å². The van der Waals surface area contributed by atoms with Gasteiger partial charge >= 0.3 is 0 Å². The Labute approximate surface area is 159 Å². The molecule has 5 nitrogen and oxygen atoms in total. The van der Waals surface area contributed by atoms with Crippen molar-refractivity contribution >= 4 is 23.4 Å². The number of halogens is 1. The minimum absolute atomic E-state index is 0.0165. The van der Waals surface area contributed by atoms with Crippen molar-refractivity contribution in [3.63, 3.8) is 0 Å². The Morgan fingerprint density at radius 1 is 1.12 bits per heavy atom. The van der Waals surface area contributed by atoms with Gasteiger partial charge in [0.2, 0.25) is 5.91 Å². The van der Waals surface area contributed by atoms with Crippen LogP contribution >= 0.6 is 11.6 Å². The highest BCUT2D eigenvalue weighted by Gasteiger charge is 2.26. The van der Waals surface area contributed by atoms with Crippen molar-refractivity contribution in [2.45, 2.75) is 50.9 Å². The van der Waals surface area contributed by atoms with Crippen LogP contribution in [0.15, 0.2) is 18.2 Å². The molecule has 142 valence electrons. The molecular formula is C20H27ClN2O3. The number of carbonyl (C=O) groups is 2. The summed E-state index contributed by atoms with van der Waals surface area (Å²) in [6.45, 7) is 1.14. The van der Waals surface area contributed by atoms with E-state index in [9.17, 15) is 9.59 Å². The number of nitrogens with zero attached hydrogens (tertiary/aromatic N) is 1. The molecule has 0 atom stereocenters. The number of nitrogens with two attached hydrogens (primary N) is 1. The highest BCUT2D eigenvalue weighted by atomic mass is 35.5. The van der Waals surface area contributed by atoms with Gasteiger partial charge in [-0.3, -0.25) is 9.59 Å². The van der Waals surface area contributed by atoms with E-state index in [0.717, 1.165) is 24.2 Å². The number of amides is 2. The molecule has 0 spiro atoms. The number of benzene rings is 1. The summed E-state index contributed by atoms with van der Waals surface area (Å²) in [6.07, 6.45) is 7.29. The first-order valence-corrected chi connectivity index (χ1v) is 9.91. The lowest BCUT2D eigenvalue weighted by molar-refractivity contribution is -0.136. The molecule has 1 saturated heterocycles. The van der Waals surface area contributed by atoms with Crippen LogP contribution in [0.3, 0.4) is 0 Å². The quantitative estimate of drug-likeness (QED) is 0.852. The van der Waals surface area contributed by atoms with E-state index in [1.165, 1.54) is 19.3 Å². The van der Waals surface area contributed by atoms with Gasteiger partial charge in [0.1, 0.15) is 5.75 Å². The van der Waals surface area contributed by atoms with Gasteiger partial charge in [0.05, 0.1) is 0 Å². The number of piperidine rings is 1. The number of carbonyl (C=O) groups excluding carboxylic acids is 2. The second-order valence-corrected chi connectivity index (χ2v) is 7.80. The summed E-state index contributed by atoms with van der Waals surface area (Å²) in [7, 11) is 0. The largest absolute Gasteiger partial charge is 0.483 e. The molecule has 1 aromatic rings. The highest BCUT2D eigenvalue weighted by Crippen LogP contribution is 2.38. The van der Waals surface area contributed by atoms with Crippen LogP contribution < -0.4 is 10.5 Å². The van der Waals surface area contributed by atoms with Crippen molar-refractivity contribution in [3.8, 4) is 5.75 Å². The van der Waals surface area contributed by atoms with Gasteiger partial charge in [0.25, 0.3) is 5.91 Å². The Hall–Kier alpha value is -1.75. The normalized spacial score (nSPS) is 19.3. The third kappa shape index (κ3) is 4.70. The first kappa shape index (κ1) is 19.0. The maximum Gasteiger partial charge on any atom is 0.260 e. The van der Waals surface area contributed by atoms with Crippen LogP contribution in [-0.2, 0) is 9.59 Å². The SMILES string of the molecule is NC(=O)C1CCN(C(=O)COc2ccc(Cl)cc2C2CCCCC2)CC1. The van der Waals surface area contributed by atoms with E-state index < -0.39 is 0 Å². The molecule has 1 aliphatic heterocycles. The summed E-state index contributed by atoms with van der Waals surface area (Å²) < 4.78 is 5.89. The fourth-order valence-electron chi connectivity index (χ4n) is 4.03. The van der Waals surface area contributed by atoms with Crippen LogP contribution in [0.1, 0.15) is 56.4 Å². The summed E-state index contributed by atoms with van der Waals surface area (Å²) in [5.74, 6) is 0.791. The topological polar surface area (TPSA) is 72.6 Å². The fraction of sp³-hybridized carbons (Fsp3) is 0.600. The molecule has 2 fully saturated rings. The summed E-state index contributed by atoms with van der Waals surface area (Å²) >= 11 is 6.19. The highest BCUT2D eigenvalue weighted by molar-refractivity contribution is 6.30. The predicted octanol–water partition coefficient (Wildman–Crippen LogP) is 3.49. The number of ether oxygens (including phenoxy) is 1. The predicted molar refractivity (Wildman–Crippen MR) is 101 cm³/mol. The van der Waals surface area contributed by atoms with Crippen molar-refractivity contribution in [1.82, 2.24) is 4.90 Å². The molecule has 2 aliphatic rings. The minimum atomic E-state index is -0.272. The van der Waals surface area contributed by atoms with Crippen molar-refractivity contribution in [1.29, 1.82) is 0 Å². The van der Waals surface area contributed by atoms with Gasteiger partial charge in [-0.1, -0.05) is 30.9 Å². The summed E-state index contributed by atoms with van der Waals surface area (Å²) in [4.78, 5) is 25.5. The van der Waals surface area contributed by atoms with E-state index in [0.29, 0.717) is 36.9 Å². The number of hydrogen-bond acceptors (Lipinski definition) is 3. The summed E-state index contributed by atoms with van der Waals surface area (Å²) in [5, 5.41) is 0.706. The van der Waals surface area contributed by atoms with Crippen molar-refractivity contribution in [2.75, 3.05) is 19.7 Å². The molecule has 0 bridgehead atoms. The van der Waals surface area contributed by atoms with Gasteiger partial charge in [0, 0.05) is 24.0 Å². The first-order valence-electron chi connectivity index (χ1n) is 9.54. The Morgan fingerprint density at radius 3 is 2.46 bits per heavy atom. The molecule has 3 rings (SSSR count). The number of rotatable bonds is 5. The summed E-state index contributed by atoms with van der Waals surface area (Å²) in [5.41, 5.74) is 6.47. The molecular weight excluding hydrogens is 352 g/mol. The van der Waals surface area contributed by atoms with E-state index in [4.69, 9.17) is 22.1 Å². The van der Waals surface area contributed by atoms with Crippen LogP contribution in [0.4, 0.5) is 0 Å². The van der Waals surface area contributed by atoms with E-state index in [2.05, 4.69) is 0 Å². The molecule has 0 radical (unpaired) electrons. The van der Waals surface area contributed by atoms with Gasteiger partial charge in [-0.25, -0.2) is 0 Å². The zero-order valence-corrected chi connectivity index (χ0v) is 15.8. The van der Waals surface area contributed by atoms with Gasteiger partial charge in [-0.05, 0) is 55.4 Å². The molecule has 0 aromatic heterocycles. The van der Waals surface area contributed by atoms with E-state index in [1.54, 1.807) is 4.90 Å². The Morgan fingerprint density at radius 2 is 1.81 bits per heavy atom. The van der Waals surface area contributed by atoms with E-state index in [-0.39, 0.29) is 24.3 Å². The van der Waals surface area contributed by atoms with Crippen LogP contribution in [0, 0.1) is 5.92 Å². The molecule has 1 aromatic carbocycles. The smallest absolute Gasteiger partial charge is 0.260 e. The van der Waals surface area contributed by atoms with E-state index in [1.807, 2.05) is 18.2 Å². The minimum Gasteiger partial charge on any atom is -0.483 e. The monoisotopic (exact) mass is 378 g/mol. The molecule has 0 unspecified atom stereocenters. The molecule has 26 heavy (non-hydrogen) atoms. The molecule has 1 saturated carbocycles. The zero-order chi connectivity index (χ0) is 18.5. The van der Waals surface area contributed by atoms with E-state index >= 15 is 0 Å². The zero-order valence-electron chi connectivity index (χ0n) is 15.1. The maximum atomic E-state index is 12.5. The number of likely N-dealkylation sites (tertiary alicyclic amines) is 1. The Balaban J connectivity index is 1.59. The second-order valence-electron chi connectivity index (χ2n) is 7.36. The molecule has 2 amide bonds.